The molecule has 2 N–H and O–H groups in total. The fraction of sp³-hybridized carbons (Fsp3) is 0.250. The van der Waals surface area contributed by atoms with Crippen molar-refractivity contribution in [2.45, 2.75) is 26.3 Å². The molecule has 2 aromatic heterocycles. The van der Waals surface area contributed by atoms with E-state index in [1.54, 1.807) is 19.4 Å². The van der Waals surface area contributed by atoms with Crippen molar-refractivity contribution in [2.75, 3.05) is 7.11 Å². The topological polar surface area (TPSA) is 89.3 Å². The molecule has 7 heteroatoms. The molecule has 0 saturated heterocycles. The summed E-state index contributed by atoms with van der Waals surface area (Å²) in [5.41, 5.74) is 4.65. The van der Waals surface area contributed by atoms with Crippen LogP contribution in [0.4, 0.5) is 4.79 Å². The highest BCUT2D eigenvalue weighted by atomic mass is 16.5. The Bertz CT molecular complexity index is 915. The molecule has 0 aliphatic carbocycles. The van der Waals surface area contributed by atoms with Gasteiger partial charge in [-0.15, -0.1) is 0 Å². The van der Waals surface area contributed by atoms with Gasteiger partial charge in [0, 0.05) is 18.2 Å². The number of aromatic nitrogens is 3. The van der Waals surface area contributed by atoms with Crippen molar-refractivity contribution in [3.05, 3.63) is 59.9 Å². The van der Waals surface area contributed by atoms with Crippen LogP contribution in [-0.4, -0.2) is 33.1 Å². The molecule has 2 heterocycles. The summed E-state index contributed by atoms with van der Waals surface area (Å²) in [4.78, 5) is 14.9. The number of methoxy groups -OCH3 is 1. The number of rotatable bonds is 6. The number of amides is 1. The first kappa shape index (κ1) is 18.4. The summed E-state index contributed by atoms with van der Waals surface area (Å²) in [5, 5.41) is 15.8. The lowest BCUT2D eigenvalue weighted by molar-refractivity contribution is 0.194. The van der Waals surface area contributed by atoms with Gasteiger partial charge in [0.2, 0.25) is 5.88 Å². The Morgan fingerprint density at radius 2 is 1.96 bits per heavy atom. The number of hydrogen-bond acceptors (Lipinski definition) is 4. The van der Waals surface area contributed by atoms with E-state index in [0.29, 0.717) is 5.88 Å². The van der Waals surface area contributed by atoms with Crippen LogP contribution in [0.25, 0.3) is 16.9 Å². The quantitative estimate of drug-likeness (QED) is 0.692. The second-order valence-electron chi connectivity index (χ2n) is 6.44. The van der Waals surface area contributed by atoms with Gasteiger partial charge in [-0.25, -0.2) is 14.5 Å². The molecule has 0 fully saturated rings. The predicted octanol–water partition coefficient (Wildman–Crippen LogP) is 3.83. The van der Waals surface area contributed by atoms with Crippen molar-refractivity contribution in [1.29, 1.82) is 0 Å². The highest BCUT2D eigenvalue weighted by Gasteiger charge is 2.14. The molecule has 0 aliphatic rings. The van der Waals surface area contributed by atoms with E-state index in [1.165, 1.54) is 0 Å². The normalized spacial score (nSPS) is 10.8. The smallest absolute Gasteiger partial charge is 0.404 e. The van der Waals surface area contributed by atoms with Crippen molar-refractivity contribution in [3.63, 3.8) is 0 Å². The van der Waals surface area contributed by atoms with Gasteiger partial charge >= 0.3 is 6.09 Å². The zero-order valence-electron chi connectivity index (χ0n) is 15.5. The fourth-order valence-corrected chi connectivity index (χ4v) is 2.67. The monoisotopic (exact) mass is 366 g/mol. The minimum absolute atomic E-state index is 0.272. The van der Waals surface area contributed by atoms with Crippen molar-refractivity contribution in [3.8, 4) is 22.8 Å². The molecule has 3 aromatic rings. The number of benzene rings is 1. The average Bonchev–Trinajstić information content (AvgIpc) is 3.12. The summed E-state index contributed by atoms with van der Waals surface area (Å²) < 4.78 is 7.00. The van der Waals surface area contributed by atoms with Gasteiger partial charge in [-0.05, 0) is 23.6 Å². The zero-order chi connectivity index (χ0) is 19.4. The van der Waals surface area contributed by atoms with E-state index in [-0.39, 0.29) is 12.5 Å². The average molecular weight is 366 g/mol. The summed E-state index contributed by atoms with van der Waals surface area (Å²) in [6.07, 6.45) is 0.690. The lowest BCUT2D eigenvalue weighted by Crippen LogP contribution is -2.19. The van der Waals surface area contributed by atoms with E-state index in [2.05, 4.69) is 30.2 Å². The van der Waals surface area contributed by atoms with E-state index < -0.39 is 6.09 Å². The van der Waals surface area contributed by atoms with Crippen LogP contribution in [0.15, 0.2) is 48.7 Å². The zero-order valence-corrected chi connectivity index (χ0v) is 15.5. The van der Waals surface area contributed by atoms with Gasteiger partial charge in [-0.1, -0.05) is 38.1 Å². The third kappa shape index (κ3) is 4.25. The van der Waals surface area contributed by atoms with E-state index in [0.717, 1.165) is 28.2 Å². The van der Waals surface area contributed by atoms with Crippen LogP contribution in [0.5, 0.6) is 5.88 Å². The SMILES string of the molecule is COc1ccc(-n2nc(C(C)C)cc2-c2ccc(CNC(=O)O)cc2)cn1. The highest BCUT2D eigenvalue weighted by Crippen LogP contribution is 2.27. The van der Waals surface area contributed by atoms with Crippen LogP contribution < -0.4 is 10.1 Å². The largest absolute Gasteiger partial charge is 0.481 e. The number of hydrogen-bond donors (Lipinski definition) is 2. The Kier molecular flexibility index (Phi) is 5.40. The van der Waals surface area contributed by atoms with Gasteiger partial charge in [0.25, 0.3) is 0 Å². The van der Waals surface area contributed by atoms with E-state index in [9.17, 15) is 4.79 Å². The maximum absolute atomic E-state index is 10.6. The molecule has 0 spiro atoms. The van der Waals surface area contributed by atoms with Crippen LogP contribution in [0, 0.1) is 0 Å². The molecule has 0 bridgehead atoms. The molecular formula is C20H22N4O3. The Morgan fingerprint density at radius 3 is 2.52 bits per heavy atom. The maximum atomic E-state index is 10.6. The van der Waals surface area contributed by atoms with Crippen molar-refractivity contribution in [2.24, 2.45) is 0 Å². The molecule has 0 atom stereocenters. The minimum atomic E-state index is -1.04. The molecule has 1 aromatic carbocycles. The summed E-state index contributed by atoms with van der Waals surface area (Å²) in [7, 11) is 1.58. The molecule has 0 saturated carbocycles. The molecule has 140 valence electrons. The first-order chi connectivity index (χ1) is 13.0. The number of pyridine rings is 1. The third-order valence-electron chi connectivity index (χ3n) is 4.19. The Balaban J connectivity index is 1.97. The van der Waals surface area contributed by atoms with Crippen molar-refractivity contribution < 1.29 is 14.6 Å². The number of nitrogens with one attached hydrogen (secondary N) is 1. The van der Waals surface area contributed by atoms with Crippen LogP contribution >= 0.6 is 0 Å². The third-order valence-corrected chi connectivity index (χ3v) is 4.19. The molecule has 0 aliphatic heterocycles. The maximum Gasteiger partial charge on any atom is 0.404 e. The molecule has 27 heavy (non-hydrogen) atoms. The molecule has 0 unspecified atom stereocenters. The second kappa shape index (κ2) is 7.90. The number of carboxylic acid groups (broad SMARTS) is 1. The molecular weight excluding hydrogens is 344 g/mol. The van der Waals surface area contributed by atoms with Crippen LogP contribution in [0.3, 0.4) is 0 Å². The molecule has 1 amide bonds. The summed E-state index contributed by atoms with van der Waals surface area (Å²) in [5.74, 6) is 0.835. The van der Waals surface area contributed by atoms with E-state index in [1.807, 2.05) is 35.0 Å². The second-order valence-corrected chi connectivity index (χ2v) is 6.44. The Hall–Kier alpha value is -3.35. The summed E-state index contributed by atoms with van der Waals surface area (Å²) >= 11 is 0. The Labute approximate surface area is 157 Å². The van der Waals surface area contributed by atoms with Gasteiger partial charge in [-0.2, -0.15) is 5.10 Å². The highest BCUT2D eigenvalue weighted by molar-refractivity contribution is 5.65. The van der Waals surface area contributed by atoms with Gasteiger partial charge < -0.3 is 15.2 Å². The summed E-state index contributed by atoms with van der Waals surface area (Å²) in [6, 6.07) is 13.5. The van der Waals surface area contributed by atoms with Crippen LogP contribution in [-0.2, 0) is 6.54 Å². The van der Waals surface area contributed by atoms with Crippen LogP contribution in [0.2, 0.25) is 0 Å². The standard InChI is InChI=1S/C20H22N4O3/c1-13(2)17-10-18(15-6-4-14(5-7-15)11-22-20(25)26)24(23-17)16-8-9-19(27-3)21-12-16/h4-10,12-13,22H,11H2,1-3H3,(H,25,26). The van der Waals surface area contributed by atoms with Gasteiger partial charge in [0.1, 0.15) is 0 Å². The van der Waals surface area contributed by atoms with E-state index in [4.69, 9.17) is 14.9 Å². The fourth-order valence-electron chi connectivity index (χ4n) is 2.67. The first-order valence-corrected chi connectivity index (χ1v) is 8.64. The molecule has 3 rings (SSSR count). The minimum Gasteiger partial charge on any atom is -0.481 e. The van der Waals surface area contributed by atoms with E-state index >= 15 is 0 Å². The lowest BCUT2D eigenvalue weighted by atomic mass is 10.1. The predicted molar refractivity (Wildman–Crippen MR) is 102 cm³/mol. The number of nitrogens with zero attached hydrogens (tertiary/aromatic N) is 3. The molecule has 7 nitrogen and oxygen atoms in total. The van der Waals surface area contributed by atoms with Gasteiger partial charge in [0.15, 0.2) is 0 Å². The Morgan fingerprint density at radius 1 is 1.22 bits per heavy atom. The number of carbonyl (C=O) groups is 1. The molecule has 0 radical (unpaired) electrons. The lowest BCUT2D eigenvalue weighted by Gasteiger charge is -2.09. The van der Waals surface area contributed by atoms with Gasteiger partial charge in [-0.3, -0.25) is 0 Å². The summed E-state index contributed by atoms with van der Waals surface area (Å²) in [6.45, 7) is 4.47. The number of ether oxygens (including phenoxy) is 1. The van der Waals surface area contributed by atoms with Crippen LogP contribution in [0.1, 0.15) is 31.0 Å². The van der Waals surface area contributed by atoms with Crippen molar-refractivity contribution in [1.82, 2.24) is 20.1 Å². The van der Waals surface area contributed by atoms with Gasteiger partial charge in [0.05, 0.1) is 30.4 Å². The first-order valence-electron chi connectivity index (χ1n) is 8.64. The van der Waals surface area contributed by atoms with Crippen molar-refractivity contribution >= 4 is 6.09 Å².